The molecule has 0 radical (unpaired) electrons. The monoisotopic (exact) mass is 301 g/mol. The van der Waals surface area contributed by atoms with Crippen LogP contribution >= 0.6 is 0 Å². The molecule has 0 aliphatic rings. The van der Waals surface area contributed by atoms with Gasteiger partial charge in [0.25, 0.3) is 0 Å². The Bertz CT molecular complexity index is 581. The van der Waals surface area contributed by atoms with Gasteiger partial charge in [-0.05, 0) is 43.7 Å². The number of hydrogen-bond acceptors (Lipinski definition) is 4. The molecule has 0 spiro atoms. The van der Waals surface area contributed by atoms with Gasteiger partial charge in [-0.2, -0.15) is 0 Å². The van der Waals surface area contributed by atoms with E-state index in [-0.39, 0.29) is 13.2 Å². The molecule has 22 heavy (non-hydrogen) atoms. The van der Waals surface area contributed by atoms with Gasteiger partial charge in [0.1, 0.15) is 6.61 Å². The Morgan fingerprint density at radius 2 is 1.77 bits per heavy atom. The van der Waals surface area contributed by atoms with Crippen molar-refractivity contribution in [2.45, 2.75) is 20.4 Å². The van der Waals surface area contributed by atoms with Gasteiger partial charge in [0.05, 0.1) is 13.2 Å². The normalized spacial score (nSPS) is 10.3. The van der Waals surface area contributed by atoms with Gasteiger partial charge in [-0.1, -0.05) is 23.8 Å². The van der Waals surface area contributed by atoms with Crippen LogP contribution in [0.1, 0.15) is 18.1 Å². The molecule has 0 saturated carbocycles. The Morgan fingerprint density at radius 3 is 2.45 bits per heavy atom. The molecule has 0 saturated heterocycles. The predicted molar refractivity (Wildman–Crippen MR) is 88.7 cm³/mol. The van der Waals surface area contributed by atoms with Crippen LogP contribution in [0, 0.1) is 6.92 Å². The number of nitrogens with one attached hydrogen (secondary N) is 1. The minimum atomic E-state index is -0.0116. The van der Waals surface area contributed by atoms with E-state index in [1.54, 1.807) is 0 Å². The molecule has 2 N–H and O–H groups in total. The Balaban J connectivity index is 2.04. The zero-order chi connectivity index (χ0) is 15.8. The van der Waals surface area contributed by atoms with Gasteiger partial charge >= 0.3 is 0 Å². The molecule has 0 bridgehead atoms. The number of aliphatic hydroxyl groups is 1. The van der Waals surface area contributed by atoms with Crippen molar-refractivity contribution >= 4 is 5.69 Å². The Labute approximate surface area is 131 Å². The summed E-state index contributed by atoms with van der Waals surface area (Å²) < 4.78 is 11.1. The lowest BCUT2D eigenvalue weighted by molar-refractivity contribution is 0.194. The Kier molecular flexibility index (Phi) is 6.10. The van der Waals surface area contributed by atoms with Gasteiger partial charge in [-0.3, -0.25) is 0 Å². The quantitative estimate of drug-likeness (QED) is 0.785. The third-order valence-electron chi connectivity index (χ3n) is 3.21. The van der Waals surface area contributed by atoms with E-state index < -0.39 is 0 Å². The van der Waals surface area contributed by atoms with E-state index in [1.807, 2.05) is 25.1 Å². The first-order valence-corrected chi connectivity index (χ1v) is 7.53. The minimum absolute atomic E-state index is 0.0116. The standard InChI is InChI=1S/C18H23NO3/c1-3-21-18-12-15(6-9-17(18)22-11-10-20)13-19-16-7-4-14(2)5-8-16/h4-9,12,19-20H,3,10-11,13H2,1-2H3. The number of benzene rings is 2. The summed E-state index contributed by atoms with van der Waals surface area (Å²) in [5.41, 5.74) is 3.44. The molecule has 2 rings (SSSR count). The maximum Gasteiger partial charge on any atom is 0.161 e. The highest BCUT2D eigenvalue weighted by Gasteiger charge is 2.06. The molecule has 2 aromatic rings. The number of anilines is 1. The van der Waals surface area contributed by atoms with Crippen LogP contribution in [0.2, 0.25) is 0 Å². The molecule has 2 aromatic carbocycles. The molecule has 0 heterocycles. The first-order chi connectivity index (χ1) is 10.7. The van der Waals surface area contributed by atoms with Gasteiger partial charge in [-0.25, -0.2) is 0 Å². The van der Waals surface area contributed by atoms with Crippen LogP contribution in [0.15, 0.2) is 42.5 Å². The van der Waals surface area contributed by atoms with Crippen LogP contribution < -0.4 is 14.8 Å². The van der Waals surface area contributed by atoms with Crippen LogP contribution in [-0.4, -0.2) is 24.9 Å². The van der Waals surface area contributed by atoms with E-state index in [0.717, 1.165) is 11.3 Å². The third kappa shape index (κ3) is 4.67. The molecule has 0 atom stereocenters. The molecular formula is C18H23NO3. The van der Waals surface area contributed by atoms with Crippen LogP contribution in [-0.2, 0) is 6.54 Å². The lowest BCUT2D eigenvalue weighted by Crippen LogP contribution is -2.05. The molecule has 0 aromatic heterocycles. The molecule has 118 valence electrons. The summed E-state index contributed by atoms with van der Waals surface area (Å²) in [6.45, 7) is 5.55. The largest absolute Gasteiger partial charge is 0.490 e. The average molecular weight is 301 g/mol. The van der Waals surface area contributed by atoms with Crippen molar-refractivity contribution in [3.8, 4) is 11.5 Å². The predicted octanol–water partition coefficient (Wildman–Crippen LogP) is 3.38. The number of aryl methyl sites for hydroxylation is 1. The Morgan fingerprint density at radius 1 is 1.00 bits per heavy atom. The Hall–Kier alpha value is -2.20. The number of aliphatic hydroxyl groups excluding tert-OH is 1. The van der Waals surface area contributed by atoms with Crippen molar-refractivity contribution in [2.75, 3.05) is 25.1 Å². The van der Waals surface area contributed by atoms with Gasteiger partial charge < -0.3 is 19.9 Å². The number of rotatable bonds is 8. The molecule has 0 aliphatic carbocycles. The third-order valence-corrected chi connectivity index (χ3v) is 3.21. The molecule has 0 aliphatic heterocycles. The van der Waals surface area contributed by atoms with Crippen LogP contribution in [0.4, 0.5) is 5.69 Å². The summed E-state index contributed by atoms with van der Waals surface area (Å²) in [6.07, 6.45) is 0. The maximum absolute atomic E-state index is 8.86. The average Bonchev–Trinajstić information content (AvgIpc) is 2.54. The first-order valence-electron chi connectivity index (χ1n) is 7.53. The molecule has 0 unspecified atom stereocenters. The van der Waals surface area contributed by atoms with Crippen LogP contribution in [0.25, 0.3) is 0 Å². The second-order valence-electron chi connectivity index (χ2n) is 5.01. The van der Waals surface area contributed by atoms with Gasteiger partial charge in [0.2, 0.25) is 0 Å². The van der Waals surface area contributed by atoms with E-state index in [0.29, 0.717) is 24.7 Å². The molecule has 4 nitrogen and oxygen atoms in total. The minimum Gasteiger partial charge on any atom is -0.490 e. The topological polar surface area (TPSA) is 50.7 Å². The summed E-state index contributed by atoms with van der Waals surface area (Å²) in [7, 11) is 0. The fourth-order valence-corrected chi connectivity index (χ4v) is 2.08. The second kappa shape index (κ2) is 8.29. The van der Waals surface area contributed by atoms with E-state index in [2.05, 4.69) is 36.5 Å². The van der Waals surface area contributed by atoms with Crippen LogP contribution in [0.3, 0.4) is 0 Å². The van der Waals surface area contributed by atoms with Crippen LogP contribution in [0.5, 0.6) is 11.5 Å². The maximum atomic E-state index is 8.86. The summed E-state index contributed by atoms with van der Waals surface area (Å²) >= 11 is 0. The molecule has 0 amide bonds. The summed E-state index contributed by atoms with van der Waals surface area (Å²) in [6, 6.07) is 14.1. The van der Waals surface area contributed by atoms with Crippen molar-refractivity contribution < 1.29 is 14.6 Å². The zero-order valence-electron chi connectivity index (χ0n) is 13.1. The smallest absolute Gasteiger partial charge is 0.161 e. The summed E-state index contributed by atoms with van der Waals surface area (Å²) in [4.78, 5) is 0. The zero-order valence-corrected chi connectivity index (χ0v) is 13.1. The number of hydrogen-bond donors (Lipinski definition) is 2. The highest BCUT2D eigenvalue weighted by Crippen LogP contribution is 2.28. The van der Waals surface area contributed by atoms with Gasteiger partial charge in [0.15, 0.2) is 11.5 Å². The highest BCUT2D eigenvalue weighted by molar-refractivity contribution is 5.47. The van der Waals surface area contributed by atoms with E-state index in [4.69, 9.17) is 14.6 Å². The van der Waals surface area contributed by atoms with E-state index in [1.165, 1.54) is 5.56 Å². The van der Waals surface area contributed by atoms with Crippen molar-refractivity contribution in [1.29, 1.82) is 0 Å². The van der Waals surface area contributed by atoms with Gasteiger partial charge in [-0.15, -0.1) is 0 Å². The molecule has 4 heteroatoms. The molecular weight excluding hydrogens is 278 g/mol. The van der Waals surface area contributed by atoms with Crippen molar-refractivity contribution in [3.63, 3.8) is 0 Å². The van der Waals surface area contributed by atoms with E-state index >= 15 is 0 Å². The lowest BCUT2D eigenvalue weighted by atomic mass is 10.2. The number of ether oxygens (including phenoxy) is 2. The van der Waals surface area contributed by atoms with Crippen molar-refractivity contribution in [2.24, 2.45) is 0 Å². The summed E-state index contributed by atoms with van der Waals surface area (Å²) in [5.74, 6) is 1.37. The van der Waals surface area contributed by atoms with Crippen molar-refractivity contribution in [3.05, 3.63) is 53.6 Å². The highest BCUT2D eigenvalue weighted by atomic mass is 16.5. The van der Waals surface area contributed by atoms with E-state index in [9.17, 15) is 0 Å². The second-order valence-corrected chi connectivity index (χ2v) is 5.01. The van der Waals surface area contributed by atoms with Crippen molar-refractivity contribution in [1.82, 2.24) is 0 Å². The molecule has 0 fully saturated rings. The fraction of sp³-hybridized carbons (Fsp3) is 0.333. The summed E-state index contributed by atoms with van der Waals surface area (Å²) in [5, 5.41) is 12.2. The lowest BCUT2D eigenvalue weighted by Gasteiger charge is -2.13. The SMILES string of the molecule is CCOc1cc(CNc2ccc(C)cc2)ccc1OCCO. The fourth-order valence-electron chi connectivity index (χ4n) is 2.08. The first kappa shape index (κ1) is 16.2. The van der Waals surface area contributed by atoms with Gasteiger partial charge in [0, 0.05) is 12.2 Å².